The van der Waals surface area contributed by atoms with E-state index in [2.05, 4.69) is 10.1 Å². The van der Waals surface area contributed by atoms with Gasteiger partial charge in [0.25, 0.3) is 5.91 Å². The number of hydrogen-bond acceptors (Lipinski definition) is 6. The molecule has 0 saturated heterocycles. The summed E-state index contributed by atoms with van der Waals surface area (Å²) in [7, 11) is 3.19. The lowest BCUT2D eigenvalue weighted by Crippen LogP contribution is -2.37. The van der Waals surface area contributed by atoms with Gasteiger partial charge in [-0.05, 0) is 43.3 Å². The van der Waals surface area contributed by atoms with Crippen molar-refractivity contribution in [1.29, 1.82) is 0 Å². The number of carbonyl (C=O) groups is 1. The summed E-state index contributed by atoms with van der Waals surface area (Å²) in [4.78, 5) is 18.2. The smallest absolute Gasteiger partial charge is 0.263 e. The van der Waals surface area contributed by atoms with E-state index in [1.165, 1.54) is 29.2 Å². The summed E-state index contributed by atoms with van der Waals surface area (Å²) in [5, 5.41) is 3.95. The van der Waals surface area contributed by atoms with Crippen LogP contribution in [0.5, 0.6) is 11.5 Å². The van der Waals surface area contributed by atoms with Crippen LogP contribution in [0.1, 0.15) is 12.8 Å². The number of likely N-dealkylation sites (N-methyl/N-ethyl adjacent to an activating group) is 1. The zero-order valence-electron chi connectivity index (χ0n) is 15.8. The molecule has 2 aromatic carbocycles. The van der Waals surface area contributed by atoms with Crippen molar-refractivity contribution in [3.63, 3.8) is 0 Å². The molecule has 28 heavy (non-hydrogen) atoms. The second-order valence-corrected chi connectivity index (χ2v) is 6.15. The normalized spacial score (nSPS) is 11.7. The number of aromatic nitrogens is 2. The number of hydrogen-bond donors (Lipinski definition) is 0. The van der Waals surface area contributed by atoms with E-state index in [1.807, 2.05) is 18.2 Å². The lowest BCUT2D eigenvalue weighted by atomic mass is 10.2. The number of benzene rings is 2. The molecule has 0 aliphatic rings. The highest BCUT2D eigenvalue weighted by Gasteiger charge is 2.21. The van der Waals surface area contributed by atoms with Crippen LogP contribution in [0.4, 0.5) is 4.39 Å². The second kappa shape index (κ2) is 8.51. The first kappa shape index (κ1) is 19.3. The van der Waals surface area contributed by atoms with E-state index >= 15 is 0 Å². The van der Waals surface area contributed by atoms with E-state index in [9.17, 15) is 9.18 Å². The van der Waals surface area contributed by atoms with Crippen LogP contribution in [-0.2, 0) is 11.3 Å². The molecule has 0 aliphatic heterocycles. The fourth-order valence-electron chi connectivity index (χ4n) is 2.56. The molecular formula is C20H20FN3O4. The molecule has 8 heteroatoms. The maximum absolute atomic E-state index is 13.0. The Labute approximate surface area is 161 Å². The van der Waals surface area contributed by atoms with E-state index < -0.39 is 6.10 Å². The van der Waals surface area contributed by atoms with Gasteiger partial charge in [-0.3, -0.25) is 4.79 Å². The van der Waals surface area contributed by atoms with Crippen LogP contribution < -0.4 is 9.47 Å². The number of amides is 1. The van der Waals surface area contributed by atoms with Crippen LogP contribution >= 0.6 is 0 Å². The third-order valence-electron chi connectivity index (χ3n) is 4.02. The molecule has 0 bridgehead atoms. The summed E-state index contributed by atoms with van der Waals surface area (Å²) in [6, 6.07) is 12.8. The van der Waals surface area contributed by atoms with Crippen molar-refractivity contribution in [2.24, 2.45) is 0 Å². The first-order chi connectivity index (χ1) is 13.5. The maximum atomic E-state index is 13.0. The van der Waals surface area contributed by atoms with Crippen LogP contribution in [0.3, 0.4) is 0 Å². The number of halogens is 1. The van der Waals surface area contributed by atoms with Gasteiger partial charge in [-0.15, -0.1) is 0 Å². The van der Waals surface area contributed by atoms with Crippen LogP contribution in [-0.4, -0.2) is 41.2 Å². The zero-order chi connectivity index (χ0) is 20.1. The Morgan fingerprint density at radius 1 is 1.21 bits per heavy atom. The molecule has 1 unspecified atom stereocenters. The van der Waals surface area contributed by atoms with Gasteiger partial charge >= 0.3 is 0 Å². The topological polar surface area (TPSA) is 77.7 Å². The van der Waals surface area contributed by atoms with E-state index in [1.54, 1.807) is 27.1 Å². The average molecular weight is 385 g/mol. The molecule has 0 saturated carbocycles. The number of nitrogens with zero attached hydrogens (tertiary/aromatic N) is 3. The first-order valence-corrected chi connectivity index (χ1v) is 8.60. The number of carbonyl (C=O) groups excluding carboxylic acids is 1. The molecule has 0 N–H and O–H groups in total. The van der Waals surface area contributed by atoms with Gasteiger partial charge in [0, 0.05) is 12.6 Å². The Morgan fingerprint density at radius 2 is 1.96 bits per heavy atom. The summed E-state index contributed by atoms with van der Waals surface area (Å²) in [5.74, 6) is 1.15. The van der Waals surface area contributed by atoms with Gasteiger partial charge < -0.3 is 18.9 Å². The molecule has 146 valence electrons. The Hall–Kier alpha value is -3.42. The molecule has 1 atom stereocenters. The second-order valence-electron chi connectivity index (χ2n) is 6.15. The summed E-state index contributed by atoms with van der Waals surface area (Å²) in [5.41, 5.74) is 0.747. The molecule has 0 radical (unpaired) electrons. The van der Waals surface area contributed by atoms with E-state index in [0.29, 0.717) is 23.2 Å². The van der Waals surface area contributed by atoms with Gasteiger partial charge in [0.2, 0.25) is 11.7 Å². The van der Waals surface area contributed by atoms with E-state index in [-0.39, 0.29) is 18.3 Å². The molecule has 0 fully saturated rings. The molecule has 3 aromatic rings. The third kappa shape index (κ3) is 4.64. The minimum absolute atomic E-state index is 0.132. The van der Waals surface area contributed by atoms with Gasteiger partial charge in [-0.25, -0.2) is 4.39 Å². The summed E-state index contributed by atoms with van der Waals surface area (Å²) in [6.07, 6.45) is -0.753. The predicted octanol–water partition coefficient (Wildman–Crippen LogP) is 3.31. The minimum atomic E-state index is -0.753. The van der Waals surface area contributed by atoms with Crippen LogP contribution in [0.2, 0.25) is 0 Å². The van der Waals surface area contributed by atoms with Crippen molar-refractivity contribution in [2.75, 3.05) is 14.2 Å². The minimum Gasteiger partial charge on any atom is -0.497 e. The molecule has 1 aromatic heterocycles. The number of methoxy groups -OCH3 is 1. The highest BCUT2D eigenvalue weighted by Crippen LogP contribution is 2.21. The van der Waals surface area contributed by atoms with Crippen molar-refractivity contribution in [1.82, 2.24) is 15.0 Å². The van der Waals surface area contributed by atoms with Crippen molar-refractivity contribution < 1.29 is 23.2 Å². The Bertz CT molecular complexity index is 943. The molecular weight excluding hydrogens is 365 g/mol. The molecule has 0 aliphatic carbocycles. The van der Waals surface area contributed by atoms with Crippen molar-refractivity contribution in [2.45, 2.75) is 19.6 Å². The van der Waals surface area contributed by atoms with Gasteiger partial charge in [0.1, 0.15) is 17.3 Å². The fourth-order valence-corrected chi connectivity index (χ4v) is 2.56. The van der Waals surface area contributed by atoms with Crippen LogP contribution in [0.25, 0.3) is 11.4 Å². The fraction of sp³-hybridized carbons (Fsp3) is 0.250. The van der Waals surface area contributed by atoms with Crippen molar-refractivity contribution >= 4 is 5.91 Å². The lowest BCUT2D eigenvalue weighted by Gasteiger charge is -2.20. The Balaban J connectivity index is 1.62. The van der Waals surface area contributed by atoms with Gasteiger partial charge in [0.05, 0.1) is 13.7 Å². The maximum Gasteiger partial charge on any atom is 0.263 e. The quantitative estimate of drug-likeness (QED) is 0.621. The highest BCUT2D eigenvalue weighted by atomic mass is 19.1. The Morgan fingerprint density at radius 3 is 2.68 bits per heavy atom. The van der Waals surface area contributed by atoms with Crippen LogP contribution in [0.15, 0.2) is 53.1 Å². The van der Waals surface area contributed by atoms with Gasteiger partial charge in [-0.1, -0.05) is 17.3 Å². The third-order valence-corrected chi connectivity index (χ3v) is 4.02. The lowest BCUT2D eigenvalue weighted by molar-refractivity contribution is -0.137. The van der Waals surface area contributed by atoms with Crippen molar-refractivity contribution in [3.05, 3.63) is 60.2 Å². The van der Waals surface area contributed by atoms with Crippen molar-refractivity contribution in [3.8, 4) is 22.9 Å². The number of rotatable bonds is 7. The predicted molar refractivity (Wildman–Crippen MR) is 99.3 cm³/mol. The van der Waals surface area contributed by atoms with E-state index in [0.717, 1.165) is 5.56 Å². The average Bonchev–Trinajstić information content (AvgIpc) is 3.17. The van der Waals surface area contributed by atoms with Crippen LogP contribution in [0, 0.1) is 5.82 Å². The largest absolute Gasteiger partial charge is 0.497 e. The number of ether oxygens (including phenoxy) is 2. The SMILES string of the molecule is COc1cccc(-c2noc(CN(C)C(=O)C(C)Oc3ccc(F)cc3)n2)c1. The Kier molecular flexibility index (Phi) is 5.88. The molecule has 0 spiro atoms. The van der Waals surface area contributed by atoms with Gasteiger partial charge in [-0.2, -0.15) is 4.98 Å². The summed E-state index contributed by atoms with van der Waals surface area (Å²) < 4.78 is 28.9. The summed E-state index contributed by atoms with van der Waals surface area (Å²) >= 11 is 0. The molecule has 3 rings (SSSR count). The molecule has 1 amide bonds. The summed E-state index contributed by atoms with van der Waals surface area (Å²) in [6.45, 7) is 1.75. The molecule has 7 nitrogen and oxygen atoms in total. The monoisotopic (exact) mass is 385 g/mol. The highest BCUT2D eigenvalue weighted by molar-refractivity contribution is 5.80. The van der Waals surface area contributed by atoms with E-state index in [4.69, 9.17) is 14.0 Å². The zero-order valence-corrected chi connectivity index (χ0v) is 15.8. The first-order valence-electron chi connectivity index (χ1n) is 8.60. The van der Waals surface area contributed by atoms with Gasteiger partial charge in [0.15, 0.2) is 6.10 Å². The standard InChI is InChI=1S/C20H20FN3O4/c1-13(27-16-9-7-15(21)8-10-16)20(25)24(2)12-18-22-19(23-28-18)14-5-4-6-17(11-14)26-3/h4-11,13H,12H2,1-3H3. The molecule has 1 heterocycles.